The number of ketones is 1. The molecule has 0 spiro atoms. The standard InChI is InChI=1S/C24H18N6O2S/c1-29-19-17(21-22(29)27-23(33-21)20(31)15-6-3-2-4-7-15)13-26-30(24(19)32)11-10-14-8-5-9-18-16(14)12-25-28-18/h2-9,12-13H,10-11H2,1H3,(H,25,28). The molecule has 162 valence electrons. The zero-order valence-corrected chi connectivity index (χ0v) is 18.5. The Balaban J connectivity index is 1.37. The van der Waals surface area contributed by atoms with Crippen molar-refractivity contribution < 1.29 is 4.79 Å². The van der Waals surface area contributed by atoms with E-state index in [1.807, 2.05) is 36.4 Å². The number of nitrogens with zero attached hydrogens (tertiary/aromatic N) is 5. The lowest BCUT2D eigenvalue weighted by Gasteiger charge is -2.06. The van der Waals surface area contributed by atoms with Crippen LogP contribution in [0.25, 0.3) is 32.2 Å². The van der Waals surface area contributed by atoms with Crippen molar-refractivity contribution in [3.05, 3.63) is 87.4 Å². The molecule has 0 aliphatic rings. The van der Waals surface area contributed by atoms with Gasteiger partial charge in [-0.05, 0) is 18.1 Å². The van der Waals surface area contributed by atoms with Gasteiger partial charge < -0.3 is 4.57 Å². The summed E-state index contributed by atoms with van der Waals surface area (Å²) < 4.78 is 4.05. The average Bonchev–Trinajstić information content (AvgIpc) is 3.55. The summed E-state index contributed by atoms with van der Waals surface area (Å²) in [6, 6.07) is 15.1. The van der Waals surface area contributed by atoms with E-state index in [0.717, 1.165) is 26.6 Å². The third-order valence-electron chi connectivity index (χ3n) is 5.92. The van der Waals surface area contributed by atoms with Crippen LogP contribution in [-0.2, 0) is 20.0 Å². The lowest BCUT2D eigenvalue weighted by atomic mass is 10.1. The van der Waals surface area contributed by atoms with Gasteiger partial charge in [-0.2, -0.15) is 10.2 Å². The SMILES string of the molecule is Cn1c2nc(C(=O)c3ccccc3)sc2c2cnn(CCc3cccc4[nH]ncc34)c(=O)c21. The second kappa shape index (κ2) is 7.49. The number of H-pyrrole nitrogens is 1. The fraction of sp³-hybridized carbons (Fsp3) is 0.125. The van der Waals surface area contributed by atoms with Crippen LogP contribution in [-0.4, -0.2) is 35.3 Å². The number of carbonyl (C=O) groups is 1. The van der Waals surface area contributed by atoms with Gasteiger partial charge in [0.15, 0.2) is 10.7 Å². The molecule has 0 aliphatic heterocycles. The molecule has 0 amide bonds. The van der Waals surface area contributed by atoms with E-state index >= 15 is 0 Å². The quantitative estimate of drug-likeness (QED) is 0.401. The second-order valence-corrected chi connectivity index (χ2v) is 8.86. The molecule has 4 aromatic heterocycles. The predicted molar refractivity (Wildman–Crippen MR) is 128 cm³/mol. The molecule has 0 radical (unpaired) electrons. The second-order valence-electron chi connectivity index (χ2n) is 7.86. The Morgan fingerprint density at radius 2 is 1.91 bits per heavy atom. The topological polar surface area (TPSA) is 98.5 Å². The lowest BCUT2D eigenvalue weighted by molar-refractivity contribution is 0.103. The maximum Gasteiger partial charge on any atom is 0.291 e. The van der Waals surface area contributed by atoms with Crippen molar-refractivity contribution in [2.24, 2.45) is 7.05 Å². The van der Waals surface area contributed by atoms with E-state index in [9.17, 15) is 9.59 Å². The number of carbonyl (C=O) groups excluding carboxylic acids is 1. The van der Waals surface area contributed by atoms with Gasteiger partial charge in [0.05, 0.1) is 22.6 Å². The molecular weight excluding hydrogens is 436 g/mol. The fourth-order valence-electron chi connectivity index (χ4n) is 4.23. The van der Waals surface area contributed by atoms with Gasteiger partial charge in [0.25, 0.3) is 5.56 Å². The smallest absolute Gasteiger partial charge is 0.291 e. The lowest BCUT2D eigenvalue weighted by Crippen LogP contribution is -2.25. The van der Waals surface area contributed by atoms with Gasteiger partial charge in [0.2, 0.25) is 5.78 Å². The summed E-state index contributed by atoms with van der Waals surface area (Å²) in [4.78, 5) is 30.7. The zero-order valence-electron chi connectivity index (χ0n) is 17.6. The van der Waals surface area contributed by atoms with Crippen LogP contribution >= 0.6 is 11.3 Å². The summed E-state index contributed by atoms with van der Waals surface area (Å²) in [6.07, 6.45) is 4.16. The minimum absolute atomic E-state index is 0.125. The molecule has 0 fully saturated rings. The first kappa shape index (κ1) is 19.6. The summed E-state index contributed by atoms with van der Waals surface area (Å²) in [5, 5.41) is 13.7. The molecule has 2 aromatic carbocycles. The van der Waals surface area contributed by atoms with Gasteiger partial charge >= 0.3 is 0 Å². The van der Waals surface area contributed by atoms with Crippen molar-refractivity contribution in [2.45, 2.75) is 13.0 Å². The van der Waals surface area contributed by atoms with Crippen molar-refractivity contribution in [3.63, 3.8) is 0 Å². The molecule has 0 unspecified atom stereocenters. The minimum Gasteiger partial charge on any atom is -0.323 e. The Morgan fingerprint density at radius 3 is 2.76 bits per heavy atom. The number of nitrogens with one attached hydrogen (secondary N) is 1. The molecule has 6 aromatic rings. The molecule has 0 bridgehead atoms. The van der Waals surface area contributed by atoms with Crippen LogP contribution in [0.1, 0.15) is 20.9 Å². The Kier molecular flexibility index (Phi) is 4.44. The van der Waals surface area contributed by atoms with Crippen molar-refractivity contribution in [3.8, 4) is 0 Å². The number of thiazole rings is 1. The van der Waals surface area contributed by atoms with Gasteiger partial charge in [-0.15, -0.1) is 11.3 Å². The molecule has 0 saturated carbocycles. The highest BCUT2D eigenvalue weighted by molar-refractivity contribution is 7.21. The molecule has 0 atom stereocenters. The Hall–Kier alpha value is -4.11. The van der Waals surface area contributed by atoms with E-state index < -0.39 is 0 Å². The number of hydrogen-bond donors (Lipinski definition) is 1. The zero-order chi connectivity index (χ0) is 22.5. The molecule has 9 heteroatoms. The summed E-state index contributed by atoms with van der Waals surface area (Å²) >= 11 is 1.30. The van der Waals surface area contributed by atoms with Crippen LogP contribution < -0.4 is 5.56 Å². The maximum atomic E-state index is 13.3. The van der Waals surface area contributed by atoms with Gasteiger partial charge in [-0.3, -0.25) is 14.7 Å². The first-order valence-electron chi connectivity index (χ1n) is 10.5. The molecular formula is C24H18N6O2S. The van der Waals surface area contributed by atoms with E-state index in [-0.39, 0.29) is 11.3 Å². The van der Waals surface area contributed by atoms with Crippen LogP contribution in [0.3, 0.4) is 0 Å². The van der Waals surface area contributed by atoms with Crippen molar-refractivity contribution in [2.75, 3.05) is 0 Å². The van der Waals surface area contributed by atoms with Gasteiger partial charge in [0.1, 0.15) is 5.52 Å². The Bertz CT molecular complexity index is 1720. The number of fused-ring (bicyclic) bond motifs is 4. The van der Waals surface area contributed by atoms with Crippen LogP contribution in [0, 0.1) is 0 Å². The number of aromatic amines is 1. The molecule has 33 heavy (non-hydrogen) atoms. The van der Waals surface area contributed by atoms with Crippen LogP contribution in [0.2, 0.25) is 0 Å². The highest BCUT2D eigenvalue weighted by Crippen LogP contribution is 2.31. The van der Waals surface area contributed by atoms with Gasteiger partial charge in [-0.1, -0.05) is 42.5 Å². The normalized spacial score (nSPS) is 11.7. The Morgan fingerprint density at radius 1 is 1.06 bits per heavy atom. The summed E-state index contributed by atoms with van der Waals surface area (Å²) in [5.74, 6) is -0.125. The van der Waals surface area contributed by atoms with Gasteiger partial charge in [-0.25, -0.2) is 9.67 Å². The molecule has 0 saturated heterocycles. The molecule has 4 heterocycles. The number of aromatic nitrogens is 6. The number of hydrogen-bond acceptors (Lipinski definition) is 6. The van der Waals surface area contributed by atoms with E-state index in [4.69, 9.17) is 0 Å². The van der Waals surface area contributed by atoms with Crippen LogP contribution in [0.15, 0.2) is 65.7 Å². The van der Waals surface area contributed by atoms with Crippen LogP contribution in [0.5, 0.6) is 0 Å². The third kappa shape index (κ3) is 3.08. The highest BCUT2D eigenvalue weighted by atomic mass is 32.1. The van der Waals surface area contributed by atoms with Crippen molar-refractivity contribution in [1.29, 1.82) is 0 Å². The molecule has 8 nitrogen and oxygen atoms in total. The number of benzene rings is 2. The first-order chi connectivity index (χ1) is 16.1. The summed E-state index contributed by atoms with van der Waals surface area (Å²) in [6.45, 7) is 0.447. The van der Waals surface area contributed by atoms with Crippen LogP contribution in [0.4, 0.5) is 0 Å². The van der Waals surface area contributed by atoms with Gasteiger partial charge in [0, 0.05) is 29.9 Å². The van der Waals surface area contributed by atoms with Crippen molar-refractivity contribution in [1.82, 2.24) is 29.5 Å². The largest absolute Gasteiger partial charge is 0.323 e. The number of rotatable bonds is 5. The fourth-order valence-corrected chi connectivity index (χ4v) is 5.30. The highest BCUT2D eigenvalue weighted by Gasteiger charge is 2.21. The summed E-state index contributed by atoms with van der Waals surface area (Å²) in [5.41, 5.74) is 3.66. The van der Waals surface area contributed by atoms with E-state index in [1.54, 1.807) is 36.1 Å². The summed E-state index contributed by atoms with van der Waals surface area (Å²) in [7, 11) is 1.80. The Labute approximate surface area is 191 Å². The molecule has 6 rings (SSSR count). The third-order valence-corrected chi connectivity index (χ3v) is 7.00. The first-order valence-corrected chi connectivity index (χ1v) is 11.3. The molecule has 0 aliphatic carbocycles. The van der Waals surface area contributed by atoms with Crippen molar-refractivity contribution >= 4 is 49.3 Å². The predicted octanol–water partition coefficient (Wildman–Crippen LogP) is 3.69. The van der Waals surface area contributed by atoms with E-state index in [0.29, 0.717) is 34.7 Å². The maximum absolute atomic E-state index is 13.3. The molecule has 1 N–H and O–H groups in total. The monoisotopic (exact) mass is 454 g/mol. The van der Waals surface area contributed by atoms with E-state index in [1.165, 1.54) is 16.0 Å². The number of aryl methyl sites for hydroxylation is 3. The average molecular weight is 455 g/mol. The van der Waals surface area contributed by atoms with E-state index in [2.05, 4.69) is 20.3 Å². The minimum atomic E-state index is -0.171.